The molecule has 5 nitrogen and oxygen atoms in total. The van der Waals surface area contributed by atoms with Crippen molar-refractivity contribution in [3.05, 3.63) is 47.4 Å². The highest BCUT2D eigenvalue weighted by Crippen LogP contribution is 2.28. The van der Waals surface area contributed by atoms with Crippen LogP contribution in [0.1, 0.15) is 5.69 Å². The minimum atomic E-state index is -0.529. The fourth-order valence-corrected chi connectivity index (χ4v) is 2.21. The molecule has 0 spiro atoms. The van der Waals surface area contributed by atoms with Gasteiger partial charge in [-0.15, -0.1) is 11.8 Å². The Morgan fingerprint density at radius 3 is 2.86 bits per heavy atom. The number of aliphatic imine (C=N–C) groups is 2. The molecule has 0 atom stereocenters. The van der Waals surface area contributed by atoms with E-state index in [0.717, 1.165) is 6.07 Å². The highest BCUT2D eigenvalue weighted by molar-refractivity contribution is 8.02. The first-order chi connectivity index (χ1) is 10.7. The molecule has 0 saturated heterocycles. The quantitative estimate of drug-likeness (QED) is 0.655. The summed E-state index contributed by atoms with van der Waals surface area (Å²) in [6, 6.07) is 5.34. The summed E-state index contributed by atoms with van der Waals surface area (Å²) in [4.78, 5) is 16.1. The number of hydrogen-bond donors (Lipinski definition) is 1. The van der Waals surface area contributed by atoms with Gasteiger partial charge >= 0.3 is 0 Å². The van der Waals surface area contributed by atoms with Gasteiger partial charge in [-0.05, 0) is 31.6 Å². The van der Waals surface area contributed by atoms with E-state index in [9.17, 15) is 9.50 Å². The fourth-order valence-electron chi connectivity index (χ4n) is 1.67. The van der Waals surface area contributed by atoms with Crippen molar-refractivity contribution < 1.29 is 9.50 Å². The number of thioether (sulfide) groups is 1. The van der Waals surface area contributed by atoms with Crippen LogP contribution in [0.15, 0.2) is 45.9 Å². The first-order valence-electron chi connectivity index (χ1n) is 6.19. The number of aromatic hydroxyl groups is 1. The molecule has 1 aromatic carbocycles. The van der Waals surface area contributed by atoms with E-state index in [1.807, 2.05) is 0 Å². The third-order valence-electron chi connectivity index (χ3n) is 2.65. The number of benzene rings is 1. The van der Waals surface area contributed by atoms with Crippen LogP contribution < -0.4 is 0 Å². The number of nitrogens with zero attached hydrogens (tertiary/aromatic N) is 4. The van der Waals surface area contributed by atoms with E-state index in [4.69, 9.17) is 0 Å². The average molecular weight is 316 g/mol. The normalized spacial score (nSPS) is 11.2. The van der Waals surface area contributed by atoms with Crippen LogP contribution in [0, 0.1) is 5.82 Å². The van der Waals surface area contributed by atoms with Gasteiger partial charge in [0.1, 0.15) is 11.6 Å². The molecule has 112 valence electrons. The van der Waals surface area contributed by atoms with E-state index in [0.29, 0.717) is 22.8 Å². The van der Waals surface area contributed by atoms with Gasteiger partial charge in [0.15, 0.2) is 5.82 Å². The lowest BCUT2D eigenvalue weighted by molar-refractivity contribution is 0.470. The Labute approximate surface area is 131 Å². The molecule has 2 aromatic rings. The summed E-state index contributed by atoms with van der Waals surface area (Å²) < 4.78 is 13.0. The first-order valence-corrected chi connectivity index (χ1v) is 7.24. The number of halogens is 1. The zero-order chi connectivity index (χ0) is 15.9. The topological polar surface area (TPSA) is 70.7 Å². The van der Waals surface area contributed by atoms with E-state index < -0.39 is 5.82 Å². The molecule has 0 amide bonds. The van der Waals surface area contributed by atoms with Crippen LogP contribution in [-0.2, 0) is 0 Å². The van der Waals surface area contributed by atoms with Gasteiger partial charge < -0.3 is 5.11 Å². The van der Waals surface area contributed by atoms with E-state index in [-0.39, 0.29) is 11.6 Å². The van der Waals surface area contributed by atoms with Crippen molar-refractivity contribution in [2.45, 2.75) is 0 Å². The molecular weight excluding hydrogens is 303 g/mol. The standard InChI is InChI=1S/C15H13FN4OS/c1-17-9-22-8-13(18-2)12-5-6-19-15(20-12)11-4-3-10(16)7-14(11)21/h3-8,21H,1-2,9H2/b13-8-. The molecule has 0 aliphatic rings. The van der Waals surface area contributed by atoms with Crippen LogP contribution in [0.25, 0.3) is 17.1 Å². The van der Waals surface area contributed by atoms with Gasteiger partial charge in [0.25, 0.3) is 0 Å². The van der Waals surface area contributed by atoms with Gasteiger partial charge in [-0.25, -0.2) is 14.4 Å². The third-order valence-corrected chi connectivity index (χ3v) is 3.37. The Kier molecular flexibility index (Phi) is 5.37. The zero-order valence-corrected chi connectivity index (χ0v) is 12.4. The zero-order valence-electron chi connectivity index (χ0n) is 11.6. The van der Waals surface area contributed by atoms with Gasteiger partial charge in [-0.3, -0.25) is 9.98 Å². The second-order valence-corrected chi connectivity index (χ2v) is 4.93. The first kappa shape index (κ1) is 15.8. The van der Waals surface area contributed by atoms with Crippen LogP contribution in [-0.4, -0.2) is 34.4 Å². The summed E-state index contributed by atoms with van der Waals surface area (Å²) in [7, 11) is 0. The highest BCUT2D eigenvalue weighted by atomic mass is 32.2. The molecule has 1 aromatic heterocycles. The Morgan fingerprint density at radius 1 is 1.36 bits per heavy atom. The monoisotopic (exact) mass is 316 g/mol. The molecule has 0 fully saturated rings. The molecule has 0 aliphatic heterocycles. The molecule has 1 heterocycles. The second-order valence-electron chi connectivity index (χ2n) is 4.11. The lowest BCUT2D eigenvalue weighted by atomic mass is 10.2. The van der Waals surface area contributed by atoms with Crippen LogP contribution in [0.4, 0.5) is 4.39 Å². The summed E-state index contributed by atoms with van der Waals surface area (Å²) in [6.07, 6.45) is 1.54. The fraction of sp³-hybridized carbons (Fsp3) is 0.0667. The van der Waals surface area contributed by atoms with Gasteiger partial charge in [-0.1, -0.05) is 0 Å². The minimum absolute atomic E-state index is 0.223. The van der Waals surface area contributed by atoms with Gasteiger partial charge in [0.05, 0.1) is 22.8 Å². The highest BCUT2D eigenvalue weighted by Gasteiger charge is 2.10. The molecule has 0 aliphatic carbocycles. The van der Waals surface area contributed by atoms with Gasteiger partial charge in [-0.2, -0.15) is 0 Å². The maximum Gasteiger partial charge on any atom is 0.163 e. The van der Waals surface area contributed by atoms with Crippen LogP contribution >= 0.6 is 11.8 Å². The van der Waals surface area contributed by atoms with Crippen LogP contribution in [0.2, 0.25) is 0 Å². The number of aromatic nitrogens is 2. The Bertz CT molecular complexity index is 733. The van der Waals surface area contributed by atoms with Crippen molar-refractivity contribution in [1.29, 1.82) is 0 Å². The van der Waals surface area contributed by atoms with Crippen molar-refractivity contribution in [1.82, 2.24) is 9.97 Å². The van der Waals surface area contributed by atoms with Crippen molar-refractivity contribution in [3.63, 3.8) is 0 Å². The second kappa shape index (κ2) is 7.46. The van der Waals surface area contributed by atoms with E-state index in [1.54, 1.807) is 11.5 Å². The molecule has 7 heteroatoms. The number of phenols is 1. The molecule has 1 N–H and O–H groups in total. The van der Waals surface area contributed by atoms with E-state index in [2.05, 4.69) is 33.4 Å². The maximum atomic E-state index is 13.0. The number of phenolic OH excluding ortho intramolecular Hbond substituents is 1. The summed E-state index contributed by atoms with van der Waals surface area (Å²) in [5, 5.41) is 11.6. The number of rotatable bonds is 6. The van der Waals surface area contributed by atoms with Gasteiger partial charge in [0, 0.05) is 17.7 Å². The summed E-state index contributed by atoms with van der Waals surface area (Å²) >= 11 is 1.40. The lowest BCUT2D eigenvalue weighted by Gasteiger charge is -2.06. The van der Waals surface area contributed by atoms with Crippen molar-refractivity contribution in [2.75, 3.05) is 5.88 Å². The summed E-state index contributed by atoms with van der Waals surface area (Å²) in [6.45, 7) is 6.91. The van der Waals surface area contributed by atoms with E-state index in [1.165, 1.54) is 30.1 Å². The SMILES string of the molecule is C=NCS/C=C(\N=C)c1ccnc(-c2ccc(F)cc2O)n1. The molecule has 0 saturated carbocycles. The Balaban J connectivity index is 2.39. The van der Waals surface area contributed by atoms with Crippen molar-refractivity contribution >= 4 is 30.9 Å². The molecule has 2 rings (SSSR count). The number of hydrogen-bond acceptors (Lipinski definition) is 6. The van der Waals surface area contributed by atoms with Crippen LogP contribution in [0.5, 0.6) is 5.75 Å². The Hall–Kier alpha value is -2.54. The summed E-state index contributed by atoms with van der Waals surface area (Å²) in [5.41, 5.74) is 1.44. The van der Waals surface area contributed by atoms with E-state index >= 15 is 0 Å². The van der Waals surface area contributed by atoms with Crippen molar-refractivity contribution in [3.8, 4) is 17.1 Å². The van der Waals surface area contributed by atoms with Gasteiger partial charge in [0.2, 0.25) is 0 Å². The average Bonchev–Trinajstić information content (AvgIpc) is 2.52. The third kappa shape index (κ3) is 3.76. The van der Waals surface area contributed by atoms with Crippen molar-refractivity contribution in [2.24, 2.45) is 9.98 Å². The summed E-state index contributed by atoms with van der Waals surface area (Å²) in [5.74, 6) is 0.0188. The smallest absolute Gasteiger partial charge is 0.163 e. The molecule has 0 bridgehead atoms. The molecule has 0 unspecified atom stereocenters. The van der Waals surface area contributed by atoms with Crippen LogP contribution in [0.3, 0.4) is 0 Å². The maximum absolute atomic E-state index is 13.0. The minimum Gasteiger partial charge on any atom is -0.507 e. The molecule has 0 radical (unpaired) electrons. The predicted molar refractivity (Wildman–Crippen MR) is 88.6 cm³/mol. The molecular formula is C15H13FN4OS. The Morgan fingerprint density at radius 2 is 2.18 bits per heavy atom. The molecule has 22 heavy (non-hydrogen) atoms. The largest absolute Gasteiger partial charge is 0.507 e. The lowest BCUT2D eigenvalue weighted by Crippen LogP contribution is -1.94. The predicted octanol–water partition coefficient (Wildman–Crippen LogP) is 3.38.